The number of imidazole rings is 1. The van der Waals surface area contributed by atoms with Crippen LogP contribution in [0.1, 0.15) is 6.92 Å². The minimum Gasteiger partial charge on any atom is -0.354 e. The van der Waals surface area contributed by atoms with Gasteiger partial charge in [-0.1, -0.05) is 0 Å². The average molecular weight is 182 g/mol. The van der Waals surface area contributed by atoms with Gasteiger partial charge < -0.3 is 14.8 Å². The van der Waals surface area contributed by atoms with E-state index in [1.54, 1.807) is 6.20 Å². The molecule has 0 aliphatic heterocycles. The highest BCUT2D eigenvalue weighted by molar-refractivity contribution is 5.25. The van der Waals surface area contributed by atoms with E-state index in [0.29, 0.717) is 6.04 Å². The van der Waals surface area contributed by atoms with Crippen LogP contribution >= 0.6 is 0 Å². The first kappa shape index (κ1) is 10.1. The molecule has 1 rings (SSSR count). The van der Waals surface area contributed by atoms with E-state index in [1.165, 1.54) is 0 Å². The van der Waals surface area contributed by atoms with E-state index in [0.717, 1.165) is 12.5 Å². The van der Waals surface area contributed by atoms with Gasteiger partial charge in [0.05, 0.1) is 0 Å². The van der Waals surface area contributed by atoms with Gasteiger partial charge >= 0.3 is 0 Å². The quantitative estimate of drug-likeness (QED) is 0.747. The van der Waals surface area contributed by atoms with Crippen LogP contribution < -0.4 is 5.32 Å². The minimum atomic E-state index is 0.511. The molecule has 4 nitrogen and oxygen atoms in total. The summed E-state index contributed by atoms with van der Waals surface area (Å²) in [5, 5.41) is 3.28. The highest BCUT2D eigenvalue weighted by atomic mass is 15.2. The molecule has 74 valence electrons. The Hall–Kier alpha value is -1.03. The minimum absolute atomic E-state index is 0.511. The SMILES string of the molecule is CC(CNc1nccn1C)N(C)C. The lowest BCUT2D eigenvalue weighted by Gasteiger charge is -2.20. The lowest BCUT2D eigenvalue weighted by molar-refractivity contribution is 0.325. The van der Waals surface area contributed by atoms with Crippen LogP contribution in [0.25, 0.3) is 0 Å². The molecule has 0 radical (unpaired) electrons. The smallest absolute Gasteiger partial charge is 0.202 e. The summed E-state index contributed by atoms with van der Waals surface area (Å²) in [6.45, 7) is 3.09. The first-order valence-electron chi connectivity index (χ1n) is 4.49. The molecule has 0 amide bonds. The predicted octanol–water partition coefficient (Wildman–Crippen LogP) is 0.782. The zero-order valence-corrected chi connectivity index (χ0v) is 8.78. The highest BCUT2D eigenvalue weighted by Gasteiger charge is 2.04. The van der Waals surface area contributed by atoms with E-state index in [2.05, 4.69) is 36.2 Å². The van der Waals surface area contributed by atoms with Crippen LogP contribution in [0.4, 0.5) is 5.95 Å². The van der Waals surface area contributed by atoms with E-state index < -0.39 is 0 Å². The van der Waals surface area contributed by atoms with E-state index in [4.69, 9.17) is 0 Å². The third-order valence-electron chi connectivity index (χ3n) is 2.26. The number of rotatable bonds is 4. The van der Waals surface area contributed by atoms with Gasteiger partial charge in [-0.15, -0.1) is 0 Å². The summed E-state index contributed by atoms with van der Waals surface area (Å²) in [7, 11) is 6.13. The van der Waals surface area contributed by atoms with Gasteiger partial charge in [0.25, 0.3) is 0 Å². The van der Waals surface area contributed by atoms with Crippen LogP contribution in [-0.2, 0) is 7.05 Å². The largest absolute Gasteiger partial charge is 0.354 e. The summed E-state index contributed by atoms with van der Waals surface area (Å²) in [6, 6.07) is 0.511. The molecular formula is C9H18N4. The normalized spacial score (nSPS) is 13.3. The van der Waals surface area contributed by atoms with Crippen LogP contribution in [-0.4, -0.2) is 41.1 Å². The molecule has 0 bridgehead atoms. The Morgan fingerprint density at radius 3 is 2.77 bits per heavy atom. The van der Waals surface area contributed by atoms with Crippen molar-refractivity contribution >= 4 is 5.95 Å². The van der Waals surface area contributed by atoms with Gasteiger partial charge in [-0.2, -0.15) is 0 Å². The topological polar surface area (TPSA) is 33.1 Å². The van der Waals surface area contributed by atoms with Gasteiger partial charge in [-0.05, 0) is 21.0 Å². The van der Waals surface area contributed by atoms with Gasteiger partial charge in [-0.3, -0.25) is 0 Å². The second kappa shape index (κ2) is 4.28. The van der Waals surface area contributed by atoms with E-state index in [1.807, 2.05) is 17.8 Å². The Balaban J connectivity index is 2.39. The lowest BCUT2D eigenvalue weighted by Crippen LogP contribution is -2.32. The van der Waals surface area contributed by atoms with Crippen LogP contribution in [0.15, 0.2) is 12.4 Å². The molecule has 1 heterocycles. The maximum Gasteiger partial charge on any atom is 0.202 e. The lowest BCUT2D eigenvalue weighted by atomic mass is 10.3. The summed E-state index contributed by atoms with van der Waals surface area (Å²) in [4.78, 5) is 6.36. The first-order valence-corrected chi connectivity index (χ1v) is 4.49. The number of aryl methyl sites for hydroxylation is 1. The molecule has 0 aliphatic rings. The van der Waals surface area contributed by atoms with Crippen molar-refractivity contribution in [2.45, 2.75) is 13.0 Å². The van der Waals surface area contributed by atoms with Crippen molar-refractivity contribution in [2.75, 3.05) is 26.0 Å². The molecular weight excluding hydrogens is 164 g/mol. The highest BCUT2D eigenvalue weighted by Crippen LogP contribution is 2.01. The number of anilines is 1. The zero-order valence-electron chi connectivity index (χ0n) is 8.78. The van der Waals surface area contributed by atoms with Crippen molar-refractivity contribution in [2.24, 2.45) is 7.05 Å². The van der Waals surface area contributed by atoms with Gasteiger partial charge in [0.2, 0.25) is 5.95 Å². The molecule has 13 heavy (non-hydrogen) atoms. The van der Waals surface area contributed by atoms with E-state index >= 15 is 0 Å². The van der Waals surface area contributed by atoms with Crippen LogP contribution in [0.2, 0.25) is 0 Å². The summed E-state index contributed by atoms with van der Waals surface area (Å²) >= 11 is 0. The third-order valence-corrected chi connectivity index (χ3v) is 2.26. The zero-order chi connectivity index (χ0) is 9.84. The summed E-state index contributed by atoms with van der Waals surface area (Å²) in [5.74, 6) is 0.925. The molecule has 1 atom stereocenters. The van der Waals surface area contributed by atoms with Gasteiger partial charge in [-0.25, -0.2) is 4.98 Å². The number of likely N-dealkylation sites (N-methyl/N-ethyl adjacent to an activating group) is 1. The third kappa shape index (κ3) is 2.73. The Bertz CT molecular complexity index is 254. The molecule has 1 aromatic rings. The average Bonchev–Trinajstić information content (AvgIpc) is 2.47. The molecule has 1 aromatic heterocycles. The fourth-order valence-electron chi connectivity index (χ4n) is 0.958. The second-order valence-corrected chi connectivity index (χ2v) is 3.56. The molecule has 4 heteroatoms. The number of hydrogen-bond acceptors (Lipinski definition) is 3. The van der Waals surface area contributed by atoms with Crippen LogP contribution in [0.5, 0.6) is 0 Å². The predicted molar refractivity (Wildman–Crippen MR) is 54.8 cm³/mol. The van der Waals surface area contributed by atoms with E-state index in [-0.39, 0.29) is 0 Å². The first-order chi connectivity index (χ1) is 6.11. The van der Waals surface area contributed by atoms with Crippen molar-refractivity contribution < 1.29 is 0 Å². The summed E-state index contributed by atoms with van der Waals surface area (Å²) in [5.41, 5.74) is 0. The van der Waals surface area contributed by atoms with E-state index in [9.17, 15) is 0 Å². The molecule has 0 aliphatic carbocycles. The Morgan fingerprint density at radius 2 is 2.31 bits per heavy atom. The van der Waals surface area contributed by atoms with Gasteiger partial charge in [0.1, 0.15) is 0 Å². The molecule has 1 N–H and O–H groups in total. The summed E-state index contributed by atoms with van der Waals surface area (Å²) in [6.07, 6.45) is 3.73. The number of nitrogens with one attached hydrogen (secondary N) is 1. The molecule has 0 saturated heterocycles. The number of nitrogens with zero attached hydrogens (tertiary/aromatic N) is 3. The molecule has 1 unspecified atom stereocenters. The van der Waals surface area contributed by atoms with Crippen LogP contribution in [0, 0.1) is 0 Å². The van der Waals surface area contributed by atoms with Gasteiger partial charge in [0, 0.05) is 32.0 Å². The van der Waals surface area contributed by atoms with Crippen molar-refractivity contribution in [3.05, 3.63) is 12.4 Å². The summed E-state index contributed by atoms with van der Waals surface area (Å²) < 4.78 is 1.97. The van der Waals surface area contributed by atoms with Gasteiger partial charge in [0.15, 0.2) is 0 Å². The molecule has 0 spiro atoms. The van der Waals surface area contributed by atoms with Crippen molar-refractivity contribution in [1.29, 1.82) is 0 Å². The maximum absolute atomic E-state index is 4.18. The molecule has 0 fully saturated rings. The molecule has 0 aromatic carbocycles. The number of hydrogen-bond donors (Lipinski definition) is 1. The fourth-order valence-corrected chi connectivity index (χ4v) is 0.958. The Labute approximate surface area is 79.6 Å². The molecule has 0 saturated carbocycles. The Kier molecular flexibility index (Phi) is 3.31. The van der Waals surface area contributed by atoms with Crippen LogP contribution in [0.3, 0.4) is 0 Å². The fraction of sp³-hybridized carbons (Fsp3) is 0.667. The monoisotopic (exact) mass is 182 g/mol. The van der Waals surface area contributed by atoms with Crippen molar-refractivity contribution in [3.8, 4) is 0 Å². The Morgan fingerprint density at radius 1 is 1.62 bits per heavy atom. The van der Waals surface area contributed by atoms with Crippen molar-refractivity contribution in [1.82, 2.24) is 14.5 Å². The second-order valence-electron chi connectivity index (χ2n) is 3.56. The van der Waals surface area contributed by atoms with Crippen molar-refractivity contribution in [3.63, 3.8) is 0 Å². The number of aromatic nitrogens is 2. The maximum atomic E-state index is 4.18. The standard InChI is InChI=1S/C9H18N4/c1-8(12(2)3)7-11-9-10-5-6-13(9)4/h5-6,8H,7H2,1-4H3,(H,10,11).